The lowest BCUT2D eigenvalue weighted by molar-refractivity contribution is 0.102. The summed E-state index contributed by atoms with van der Waals surface area (Å²) in [5, 5.41) is 2.95. The van der Waals surface area contributed by atoms with Crippen molar-refractivity contribution >= 4 is 17.3 Å². The van der Waals surface area contributed by atoms with Gasteiger partial charge in [0.1, 0.15) is 0 Å². The number of nitrogen functional groups attached to an aromatic ring is 1. The minimum atomic E-state index is -0.117. The van der Waals surface area contributed by atoms with Gasteiger partial charge in [-0.15, -0.1) is 0 Å². The fourth-order valence-corrected chi connectivity index (χ4v) is 1.94. The molecule has 2 rings (SSSR count). The van der Waals surface area contributed by atoms with E-state index in [1.807, 2.05) is 24.3 Å². The molecule has 0 aliphatic carbocycles. The Morgan fingerprint density at radius 1 is 1.05 bits per heavy atom. The molecule has 0 saturated heterocycles. The molecule has 0 fully saturated rings. The van der Waals surface area contributed by atoms with E-state index in [2.05, 4.69) is 19.2 Å². The maximum Gasteiger partial charge on any atom is 0.255 e. The molecular formula is C16H18N2O. The Morgan fingerprint density at radius 2 is 1.68 bits per heavy atom. The summed E-state index contributed by atoms with van der Waals surface area (Å²) < 4.78 is 0. The van der Waals surface area contributed by atoms with Gasteiger partial charge in [-0.2, -0.15) is 0 Å². The van der Waals surface area contributed by atoms with Crippen molar-refractivity contribution in [2.45, 2.75) is 19.8 Å². The average Bonchev–Trinajstić information content (AvgIpc) is 2.39. The van der Waals surface area contributed by atoms with Crippen LogP contribution in [0.1, 0.15) is 35.7 Å². The minimum Gasteiger partial charge on any atom is -0.399 e. The maximum atomic E-state index is 12.1. The first-order valence-corrected chi connectivity index (χ1v) is 6.33. The molecule has 3 heteroatoms. The molecule has 3 N–H and O–H groups in total. The van der Waals surface area contributed by atoms with E-state index in [1.54, 1.807) is 24.3 Å². The Labute approximate surface area is 113 Å². The van der Waals surface area contributed by atoms with Crippen molar-refractivity contribution in [3.05, 3.63) is 59.7 Å². The van der Waals surface area contributed by atoms with Crippen LogP contribution in [-0.2, 0) is 0 Å². The van der Waals surface area contributed by atoms with Crippen LogP contribution in [0.2, 0.25) is 0 Å². The maximum absolute atomic E-state index is 12.1. The summed E-state index contributed by atoms with van der Waals surface area (Å²) in [6.45, 7) is 4.21. The molecule has 2 aromatic rings. The second-order valence-corrected chi connectivity index (χ2v) is 4.82. The number of nitrogens with two attached hydrogens (primary N) is 1. The third kappa shape index (κ3) is 3.13. The summed E-state index contributed by atoms with van der Waals surface area (Å²) in [6, 6.07) is 14.8. The largest absolute Gasteiger partial charge is 0.399 e. The first-order valence-electron chi connectivity index (χ1n) is 6.33. The molecule has 0 atom stereocenters. The third-order valence-electron chi connectivity index (χ3n) is 3.00. The van der Waals surface area contributed by atoms with Crippen LogP contribution in [0.5, 0.6) is 0 Å². The van der Waals surface area contributed by atoms with Gasteiger partial charge in [0, 0.05) is 16.9 Å². The van der Waals surface area contributed by atoms with Gasteiger partial charge < -0.3 is 11.1 Å². The number of carbonyl (C=O) groups is 1. The lowest BCUT2D eigenvalue weighted by atomic mass is 10.0. The Balaban J connectivity index is 2.22. The van der Waals surface area contributed by atoms with E-state index in [9.17, 15) is 4.79 Å². The van der Waals surface area contributed by atoms with E-state index in [0.29, 0.717) is 17.2 Å². The molecule has 0 aromatic heterocycles. The number of amides is 1. The number of benzene rings is 2. The van der Waals surface area contributed by atoms with Gasteiger partial charge in [-0.25, -0.2) is 0 Å². The fourth-order valence-electron chi connectivity index (χ4n) is 1.94. The van der Waals surface area contributed by atoms with Gasteiger partial charge in [-0.3, -0.25) is 4.79 Å². The molecule has 19 heavy (non-hydrogen) atoms. The second-order valence-electron chi connectivity index (χ2n) is 4.82. The van der Waals surface area contributed by atoms with E-state index in [1.165, 1.54) is 0 Å². The number of rotatable bonds is 3. The normalized spacial score (nSPS) is 10.5. The van der Waals surface area contributed by atoms with Crippen molar-refractivity contribution in [2.24, 2.45) is 0 Å². The zero-order valence-corrected chi connectivity index (χ0v) is 11.2. The summed E-state index contributed by atoms with van der Waals surface area (Å²) in [4.78, 5) is 12.1. The van der Waals surface area contributed by atoms with Gasteiger partial charge in [0.15, 0.2) is 0 Å². The lowest BCUT2D eigenvalue weighted by Gasteiger charge is -2.13. The fraction of sp³-hybridized carbons (Fsp3) is 0.188. The van der Waals surface area contributed by atoms with Crippen LogP contribution in [0.15, 0.2) is 48.5 Å². The van der Waals surface area contributed by atoms with Gasteiger partial charge in [0.05, 0.1) is 0 Å². The molecule has 1 amide bonds. The quantitative estimate of drug-likeness (QED) is 0.821. The van der Waals surface area contributed by atoms with Crippen LogP contribution in [0.3, 0.4) is 0 Å². The smallest absolute Gasteiger partial charge is 0.255 e. The van der Waals surface area contributed by atoms with Gasteiger partial charge >= 0.3 is 0 Å². The summed E-state index contributed by atoms with van der Waals surface area (Å²) in [6.07, 6.45) is 0. The molecule has 0 unspecified atom stereocenters. The van der Waals surface area contributed by atoms with Crippen LogP contribution < -0.4 is 11.1 Å². The summed E-state index contributed by atoms with van der Waals surface area (Å²) in [5.41, 5.74) is 8.86. The summed E-state index contributed by atoms with van der Waals surface area (Å²) >= 11 is 0. The molecule has 0 spiro atoms. The van der Waals surface area contributed by atoms with Crippen molar-refractivity contribution in [1.29, 1.82) is 0 Å². The SMILES string of the molecule is CC(C)c1ccccc1NC(=O)c1ccc(N)cc1. The van der Waals surface area contributed by atoms with Gasteiger partial charge in [0.2, 0.25) is 0 Å². The van der Waals surface area contributed by atoms with Crippen molar-refractivity contribution in [1.82, 2.24) is 0 Å². The predicted octanol–water partition coefficient (Wildman–Crippen LogP) is 3.64. The van der Waals surface area contributed by atoms with E-state index in [4.69, 9.17) is 5.73 Å². The van der Waals surface area contributed by atoms with Gasteiger partial charge in [-0.05, 0) is 41.8 Å². The molecule has 0 saturated carbocycles. The zero-order valence-electron chi connectivity index (χ0n) is 11.2. The van der Waals surface area contributed by atoms with Crippen LogP contribution in [0.25, 0.3) is 0 Å². The highest BCUT2D eigenvalue weighted by Crippen LogP contribution is 2.24. The number of carbonyl (C=O) groups excluding carboxylic acids is 1. The van der Waals surface area contributed by atoms with Crippen molar-refractivity contribution in [3.63, 3.8) is 0 Å². The lowest BCUT2D eigenvalue weighted by Crippen LogP contribution is -2.13. The third-order valence-corrected chi connectivity index (χ3v) is 3.00. The highest BCUT2D eigenvalue weighted by molar-refractivity contribution is 6.04. The predicted molar refractivity (Wildman–Crippen MR) is 79.3 cm³/mol. The van der Waals surface area contributed by atoms with Crippen molar-refractivity contribution in [2.75, 3.05) is 11.1 Å². The second kappa shape index (κ2) is 5.57. The Bertz CT molecular complexity index is 574. The Kier molecular flexibility index (Phi) is 3.85. The minimum absolute atomic E-state index is 0.117. The van der Waals surface area contributed by atoms with Crippen LogP contribution in [0.4, 0.5) is 11.4 Å². The molecule has 0 aliphatic heterocycles. The average molecular weight is 254 g/mol. The topological polar surface area (TPSA) is 55.1 Å². The van der Waals surface area contributed by atoms with Gasteiger partial charge in [-0.1, -0.05) is 32.0 Å². The monoisotopic (exact) mass is 254 g/mol. The van der Waals surface area contributed by atoms with E-state index < -0.39 is 0 Å². The van der Waals surface area contributed by atoms with E-state index in [0.717, 1.165) is 11.3 Å². The first-order chi connectivity index (χ1) is 9.08. The Hall–Kier alpha value is -2.29. The van der Waals surface area contributed by atoms with Crippen LogP contribution in [-0.4, -0.2) is 5.91 Å². The van der Waals surface area contributed by atoms with E-state index in [-0.39, 0.29) is 5.91 Å². The molecule has 0 aliphatic rings. The number of nitrogens with one attached hydrogen (secondary N) is 1. The standard InChI is InChI=1S/C16H18N2O/c1-11(2)14-5-3-4-6-15(14)18-16(19)12-7-9-13(17)10-8-12/h3-11H,17H2,1-2H3,(H,18,19). The highest BCUT2D eigenvalue weighted by atomic mass is 16.1. The van der Waals surface area contributed by atoms with E-state index >= 15 is 0 Å². The zero-order chi connectivity index (χ0) is 13.8. The molecule has 2 aromatic carbocycles. The molecular weight excluding hydrogens is 236 g/mol. The van der Waals surface area contributed by atoms with Crippen molar-refractivity contribution < 1.29 is 4.79 Å². The first kappa shape index (κ1) is 13.1. The van der Waals surface area contributed by atoms with Crippen molar-refractivity contribution in [3.8, 4) is 0 Å². The number of para-hydroxylation sites is 1. The molecule has 0 radical (unpaired) electrons. The summed E-state index contributed by atoms with van der Waals surface area (Å²) in [5.74, 6) is 0.246. The number of anilines is 2. The van der Waals surface area contributed by atoms with Crippen LogP contribution in [0, 0.1) is 0 Å². The Morgan fingerprint density at radius 3 is 2.32 bits per heavy atom. The summed E-state index contributed by atoms with van der Waals surface area (Å²) in [7, 11) is 0. The number of hydrogen-bond acceptors (Lipinski definition) is 2. The number of hydrogen-bond donors (Lipinski definition) is 2. The molecule has 98 valence electrons. The van der Waals surface area contributed by atoms with Crippen LogP contribution >= 0.6 is 0 Å². The molecule has 0 heterocycles. The highest BCUT2D eigenvalue weighted by Gasteiger charge is 2.10. The van der Waals surface area contributed by atoms with Gasteiger partial charge in [0.25, 0.3) is 5.91 Å². The molecule has 3 nitrogen and oxygen atoms in total. The molecule has 0 bridgehead atoms.